The van der Waals surface area contributed by atoms with Crippen molar-refractivity contribution >= 4 is 58.0 Å². The normalized spacial score (nSPS) is 29.4. The molecule has 1 saturated carbocycles. The van der Waals surface area contributed by atoms with Crippen LogP contribution in [0.15, 0.2) is 55.6 Å². The fraction of sp³-hybridized carbons (Fsp3) is 0.391. The molecule has 4 atom stereocenters. The summed E-state index contributed by atoms with van der Waals surface area (Å²) >= 11 is 26.5. The molecule has 0 spiro atoms. The molecule has 1 aromatic heterocycles. The van der Waals surface area contributed by atoms with E-state index in [1.807, 2.05) is 0 Å². The number of ketones is 2. The third-order valence-corrected chi connectivity index (χ3v) is 9.32. The first-order valence-corrected chi connectivity index (χ1v) is 12.5. The number of aromatic nitrogens is 3. The van der Waals surface area contributed by atoms with Crippen LogP contribution in [0.2, 0.25) is 0 Å². The lowest BCUT2D eigenvalue weighted by atomic mass is 9.59. The number of nitrogens with zero attached hydrogens (tertiary/aromatic N) is 3. The molecule has 1 N–H and O–H groups in total. The van der Waals surface area contributed by atoms with Crippen LogP contribution < -0.4 is 16.1 Å². The van der Waals surface area contributed by atoms with E-state index in [0.29, 0.717) is 11.1 Å². The molecular weight excluding hydrogens is 556 g/mol. The number of rotatable bonds is 4. The molecule has 0 bridgehead atoms. The Balaban J connectivity index is 1.84. The Bertz CT molecular complexity index is 1500. The number of Topliss-reactive ketones (excluding diaryl/α,β-unsaturated/α-hetero) is 2. The number of carbonyl (C=O) groups is 2. The first kappa shape index (κ1) is 25.4. The van der Waals surface area contributed by atoms with Crippen molar-refractivity contribution in [1.29, 1.82) is 0 Å². The molecule has 0 unspecified atom stereocenters. The number of para-hydroxylation sites is 1. The van der Waals surface area contributed by atoms with E-state index in [1.165, 1.54) is 16.4 Å². The standard InChI is InChI=1S/C23H19Cl4N3O6/c1-28-20(34)29-7-6-11-13(30(29)21(28)35)10-22(26)18(32)16(24)17(25)19(33)23(22,27)15(11)12-4-2-3-5-14(12)36-9-8-31/h2-6,13,15,31H,7-10H2,1H3/t13-,15-,22-,23+/m1/s1. The lowest BCUT2D eigenvalue weighted by Crippen LogP contribution is -2.67. The number of halogens is 4. The van der Waals surface area contributed by atoms with E-state index in [2.05, 4.69) is 0 Å². The highest BCUT2D eigenvalue weighted by Crippen LogP contribution is 2.64. The van der Waals surface area contributed by atoms with Crippen LogP contribution in [-0.4, -0.2) is 53.6 Å². The minimum Gasteiger partial charge on any atom is -0.491 e. The average Bonchev–Trinajstić information content (AvgIpc) is 3.10. The van der Waals surface area contributed by atoms with Gasteiger partial charge in [-0.3, -0.25) is 9.59 Å². The molecule has 0 radical (unpaired) electrons. The van der Waals surface area contributed by atoms with E-state index < -0.39 is 54.7 Å². The smallest absolute Gasteiger partial charge is 0.347 e. The molecule has 5 rings (SSSR count). The third-order valence-electron chi connectivity index (χ3n) is 7.07. The number of carbonyl (C=O) groups excluding carboxylic acids is 2. The van der Waals surface area contributed by atoms with Gasteiger partial charge in [0.05, 0.1) is 19.2 Å². The van der Waals surface area contributed by atoms with Gasteiger partial charge in [0.15, 0.2) is 11.6 Å². The number of alkyl halides is 2. The quantitative estimate of drug-likeness (QED) is 0.442. The maximum atomic E-state index is 13.7. The number of benzene rings is 1. The zero-order valence-electron chi connectivity index (χ0n) is 18.7. The number of allylic oxidation sites excluding steroid dienone is 4. The van der Waals surface area contributed by atoms with Gasteiger partial charge < -0.3 is 9.84 Å². The molecule has 36 heavy (non-hydrogen) atoms. The van der Waals surface area contributed by atoms with Crippen LogP contribution in [0.4, 0.5) is 0 Å². The van der Waals surface area contributed by atoms with Crippen molar-refractivity contribution in [3.8, 4) is 5.75 Å². The van der Waals surface area contributed by atoms with E-state index in [-0.39, 0.29) is 31.9 Å². The van der Waals surface area contributed by atoms with Crippen LogP contribution in [-0.2, 0) is 23.2 Å². The van der Waals surface area contributed by atoms with Gasteiger partial charge in [-0.15, -0.1) is 23.2 Å². The molecule has 2 aliphatic carbocycles. The number of hydrogen-bond acceptors (Lipinski definition) is 6. The number of aliphatic hydroxyl groups is 1. The maximum Gasteiger partial charge on any atom is 0.347 e. The second-order valence-electron chi connectivity index (χ2n) is 8.82. The van der Waals surface area contributed by atoms with Gasteiger partial charge in [-0.1, -0.05) is 47.5 Å². The summed E-state index contributed by atoms with van der Waals surface area (Å²) in [5.41, 5.74) is -0.268. The summed E-state index contributed by atoms with van der Waals surface area (Å²) in [7, 11) is 1.35. The van der Waals surface area contributed by atoms with Crippen LogP contribution >= 0.6 is 46.4 Å². The van der Waals surface area contributed by atoms with Crippen molar-refractivity contribution in [1.82, 2.24) is 13.9 Å². The molecule has 3 aliphatic rings. The minimum absolute atomic E-state index is 0.0195. The SMILES string of the molecule is Cn1c(=O)n2n(c1=O)[C@@H]1C[C@@]3(Cl)C(=O)C(Cl)=C(Cl)C(=O)[C@@]3(Cl)[C@@H](c3ccccc3OCCO)C1=CC2. The topological polar surface area (TPSA) is 113 Å². The van der Waals surface area contributed by atoms with Gasteiger partial charge in [0.1, 0.15) is 32.2 Å². The fourth-order valence-corrected chi connectivity index (χ4v) is 6.95. The minimum atomic E-state index is -2.14. The summed E-state index contributed by atoms with van der Waals surface area (Å²) < 4.78 is 9.15. The number of aliphatic hydroxyl groups excluding tert-OH is 1. The second kappa shape index (κ2) is 8.63. The Labute approximate surface area is 224 Å². The van der Waals surface area contributed by atoms with E-state index >= 15 is 0 Å². The Morgan fingerprint density at radius 1 is 1.06 bits per heavy atom. The van der Waals surface area contributed by atoms with Crippen molar-refractivity contribution in [3.05, 3.63) is 72.5 Å². The molecule has 1 aromatic carbocycles. The highest BCUT2D eigenvalue weighted by Gasteiger charge is 2.71. The lowest BCUT2D eigenvalue weighted by Gasteiger charge is -2.54. The van der Waals surface area contributed by atoms with Crippen molar-refractivity contribution in [3.63, 3.8) is 0 Å². The number of ether oxygens (including phenoxy) is 1. The summed E-state index contributed by atoms with van der Waals surface area (Å²) in [5, 5.41) is 8.23. The Morgan fingerprint density at radius 3 is 2.42 bits per heavy atom. The summed E-state index contributed by atoms with van der Waals surface area (Å²) in [6.07, 6.45) is 1.40. The van der Waals surface area contributed by atoms with Crippen LogP contribution in [0.1, 0.15) is 23.9 Å². The van der Waals surface area contributed by atoms with Gasteiger partial charge in [0.25, 0.3) is 0 Å². The van der Waals surface area contributed by atoms with Crippen LogP contribution in [0, 0.1) is 0 Å². The van der Waals surface area contributed by atoms with Crippen molar-refractivity contribution in [2.24, 2.45) is 7.05 Å². The predicted octanol–water partition coefficient (Wildman–Crippen LogP) is 2.18. The molecule has 1 aliphatic heterocycles. The lowest BCUT2D eigenvalue weighted by molar-refractivity contribution is -0.128. The molecule has 0 saturated heterocycles. The highest BCUT2D eigenvalue weighted by molar-refractivity contribution is 6.66. The van der Waals surface area contributed by atoms with Gasteiger partial charge >= 0.3 is 11.4 Å². The van der Waals surface area contributed by atoms with Crippen LogP contribution in [0.25, 0.3) is 0 Å². The monoisotopic (exact) mass is 573 g/mol. The van der Waals surface area contributed by atoms with Crippen molar-refractivity contribution in [2.45, 2.75) is 34.7 Å². The average molecular weight is 575 g/mol. The van der Waals surface area contributed by atoms with Crippen LogP contribution in [0.3, 0.4) is 0 Å². The summed E-state index contributed by atoms with van der Waals surface area (Å²) in [4.78, 5) is 48.8. The highest BCUT2D eigenvalue weighted by atomic mass is 35.5. The van der Waals surface area contributed by atoms with Crippen molar-refractivity contribution in [2.75, 3.05) is 13.2 Å². The molecule has 1 fully saturated rings. The second-order valence-corrected chi connectivity index (χ2v) is 10.8. The molecule has 2 heterocycles. The summed E-state index contributed by atoms with van der Waals surface area (Å²) in [6.45, 7) is -0.306. The van der Waals surface area contributed by atoms with E-state index in [9.17, 15) is 24.3 Å². The van der Waals surface area contributed by atoms with E-state index in [4.69, 9.17) is 51.1 Å². The van der Waals surface area contributed by atoms with E-state index in [1.54, 1.807) is 30.3 Å². The molecule has 13 heteroatoms. The predicted molar refractivity (Wildman–Crippen MR) is 133 cm³/mol. The summed E-state index contributed by atoms with van der Waals surface area (Å²) in [5.74, 6) is -2.50. The molecule has 0 amide bonds. The Hall–Kier alpha value is -2.30. The Morgan fingerprint density at radius 2 is 1.72 bits per heavy atom. The van der Waals surface area contributed by atoms with Gasteiger partial charge in [-0.05, 0) is 11.6 Å². The molecule has 2 aromatic rings. The van der Waals surface area contributed by atoms with Gasteiger partial charge in [-0.2, -0.15) is 0 Å². The van der Waals surface area contributed by atoms with Gasteiger partial charge in [0.2, 0.25) is 0 Å². The largest absolute Gasteiger partial charge is 0.491 e. The Kier molecular flexibility index (Phi) is 6.08. The van der Waals surface area contributed by atoms with Crippen LogP contribution in [0.5, 0.6) is 5.75 Å². The van der Waals surface area contributed by atoms with Gasteiger partial charge in [0, 0.05) is 24.9 Å². The maximum absolute atomic E-state index is 13.7. The molecule has 190 valence electrons. The molecular formula is C23H19Cl4N3O6. The first-order valence-electron chi connectivity index (χ1n) is 10.9. The third kappa shape index (κ3) is 3.13. The zero-order chi connectivity index (χ0) is 26.2. The van der Waals surface area contributed by atoms with E-state index in [0.717, 1.165) is 4.57 Å². The van der Waals surface area contributed by atoms with Gasteiger partial charge in [-0.25, -0.2) is 23.5 Å². The first-order chi connectivity index (χ1) is 17.0. The fourth-order valence-electron chi connectivity index (χ4n) is 5.43. The zero-order valence-corrected chi connectivity index (χ0v) is 21.7. The summed E-state index contributed by atoms with van der Waals surface area (Å²) in [6, 6.07) is 5.76. The van der Waals surface area contributed by atoms with Crippen molar-refractivity contribution < 1.29 is 19.4 Å². The number of hydrogen-bond donors (Lipinski definition) is 1. The molecule has 9 nitrogen and oxygen atoms in total. The number of fused-ring (bicyclic) bond motifs is 4.